The van der Waals surface area contributed by atoms with Gasteiger partial charge in [0.25, 0.3) is 0 Å². The molecule has 9 heteroatoms. The molecule has 1 N–H and O–H groups in total. The van der Waals surface area contributed by atoms with Crippen LogP contribution in [-0.2, 0) is 10.4 Å². The molecule has 1 aromatic heterocycles. The summed E-state index contributed by atoms with van der Waals surface area (Å²) in [5, 5.41) is 0.894. The first kappa shape index (κ1) is 27.2. The van der Waals surface area contributed by atoms with Crippen molar-refractivity contribution in [3.8, 4) is 23.0 Å². The summed E-state index contributed by atoms with van der Waals surface area (Å²) in [4.78, 5) is 14.0. The van der Waals surface area contributed by atoms with Crippen LogP contribution in [0.15, 0.2) is 55.3 Å². The first-order valence-corrected chi connectivity index (χ1v) is 13.5. The van der Waals surface area contributed by atoms with Gasteiger partial charge in [-0.2, -0.15) is 0 Å². The highest BCUT2D eigenvalue weighted by molar-refractivity contribution is 7.78. The van der Waals surface area contributed by atoms with E-state index in [9.17, 15) is 0 Å². The summed E-state index contributed by atoms with van der Waals surface area (Å²) in [5.41, 5.74) is 5.64. The quantitative estimate of drug-likeness (QED) is 0.204. The van der Waals surface area contributed by atoms with Gasteiger partial charge in [-0.05, 0) is 43.4 Å². The van der Waals surface area contributed by atoms with E-state index in [2.05, 4.69) is 29.1 Å². The van der Waals surface area contributed by atoms with Crippen molar-refractivity contribution in [2.45, 2.75) is 24.5 Å². The van der Waals surface area contributed by atoms with Crippen LogP contribution < -0.4 is 24.4 Å². The molecule has 3 fully saturated rings. The van der Waals surface area contributed by atoms with E-state index in [0.29, 0.717) is 34.8 Å². The Bertz CT molecular complexity index is 1340. The maximum Gasteiger partial charge on any atom is 0.169 e. The normalized spacial score (nSPS) is 23.5. The minimum absolute atomic E-state index is 0.0945. The van der Waals surface area contributed by atoms with Crippen LogP contribution >= 0.6 is 12.2 Å². The maximum absolute atomic E-state index is 6.81. The van der Waals surface area contributed by atoms with Crippen LogP contribution in [0.1, 0.15) is 24.0 Å². The summed E-state index contributed by atoms with van der Waals surface area (Å²) in [7, 11) is 6.54. The van der Waals surface area contributed by atoms with Gasteiger partial charge in [-0.25, -0.2) is 0 Å². The Kier molecular flexibility index (Phi) is 7.93. The fourth-order valence-electron chi connectivity index (χ4n) is 6.47. The van der Waals surface area contributed by atoms with E-state index in [0.717, 1.165) is 48.0 Å². The van der Waals surface area contributed by atoms with Crippen molar-refractivity contribution in [1.82, 2.24) is 15.4 Å². The van der Waals surface area contributed by atoms with Crippen LogP contribution in [0.2, 0.25) is 0 Å². The average molecular weight is 550 g/mol. The number of hydrogen-bond acceptors (Lipinski definition) is 8. The van der Waals surface area contributed by atoms with E-state index < -0.39 is 5.60 Å². The Morgan fingerprint density at radius 3 is 2.38 bits per heavy atom. The summed E-state index contributed by atoms with van der Waals surface area (Å²) in [6.45, 7) is 5.95. The Morgan fingerprint density at radius 2 is 1.79 bits per heavy atom. The minimum atomic E-state index is -1.13. The van der Waals surface area contributed by atoms with E-state index in [1.165, 1.54) is 5.49 Å². The number of hydroxylamine groups is 1. The first-order chi connectivity index (χ1) is 19.0. The van der Waals surface area contributed by atoms with Crippen molar-refractivity contribution in [1.29, 1.82) is 0 Å². The molecule has 0 spiro atoms. The highest BCUT2D eigenvalue weighted by Gasteiger charge is 2.56. The number of thiocarbonyl (C=S) groups is 1. The lowest BCUT2D eigenvalue weighted by molar-refractivity contribution is -0.143. The van der Waals surface area contributed by atoms with Crippen molar-refractivity contribution in [2.24, 2.45) is 11.8 Å². The molecule has 2 bridgehead atoms. The number of methoxy groups -OCH3 is 4. The fourth-order valence-corrected chi connectivity index (χ4v) is 6.52. The molecule has 3 aliphatic heterocycles. The summed E-state index contributed by atoms with van der Waals surface area (Å²) in [5.74, 6) is 3.30. The van der Waals surface area contributed by atoms with Crippen molar-refractivity contribution in [2.75, 3.05) is 41.5 Å². The molecular formula is C30H35N3O5S. The smallest absolute Gasteiger partial charge is 0.169 e. The van der Waals surface area contributed by atoms with Crippen LogP contribution in [0.5, 0.6) is 23.0 Å². The van der Waals surface area contributed by atoms with E-state index in [1.54, 1.807) is 34.6 Å². The van der Waals surface area contributed by atoms with Crippen molar-refractivity contribution in [3.63, 3.8) is 0 Å². The average Bonchev–Trinajstić information content (AvgIpc) is 3.00. The van der Waals surface area contributed by atoms with Crippen molar-refractivity contribution in [3.05, 3.63) is 66.4 Å². The van der Waals surface area contributed by atoms with Gasteiger partial charge in [0, 0.05) is 29.6 Å². The zero-order chi connectivity index (χ0) is 27.6. The topological polar surface area (TPSA) is 74.3 Å². The van der Waals surface area contributed by atoms with Crippen LogP contribution in [0, 0.1) is 11.8 Å². The second-order valence-electron chi connectivity index (χ2n) is 9.92. The number of ether oxygens (including phenoxy) is 4. The molecule has 8 nitrogen and oxygen atoms in total. The third-order valence-electron chi connectivity index (χ3n) is 8.27. The number of rotatable bonds is 11. The van der Waals surface area contributed by atoms with Crippen LogP contribution in [0.4, 0.5) is 0 Å². The standard InChI is InChI=1S/C30H35N3O5S/c1-6-19-17-33-11-10-20(19)12-28(33)30(38-32-18-39,29-26(36-4)14-21(34-2)15-27(29)37-5)24-8-7-9-25-23(24)13-22(35-3)16-31-25/h6-9,13-16,18-20,28H,1,10-12,17H2,2-5H3,(H,32,39). The highest BCUT2D eigenvalue weighted by Crippen LogP contribution is 2.54. The summed E-state index contributed by atoms with van der Waals surface area (Å²) in [6.07, 6.45) is 5.79. The van der Waals surface area contributed by atoms with Gasteiger partial charge in [0.05, 0.1) is 57.2 Å². The number of hydrogen-bond donors (Lipinski definition) is 1. The van der Waals surface area contributed by atoms with Gasteiger partial charge in [0.1, 0.15) is 23.0 Å². The third kappa shape index (κ3) is 4.58. The molecule has 3 saturated heterocycles. The number of aromatic nitrogens is 1. The van der Waals surface area contributed by atoms with Gasteiger partial charge < -0.3 is 18.9 Å². The molecule has 5 unspecified atom stereocenters. The lowest BCUT2D eigenvalue weighted by Crippen LogP contribution is -2.62. The molecule has 3 aliphatic rings. The Labute approximate surface area is 234 Å². The lowest BCUT2D eigenvalue weighted by Gasteiger charge is -2.55. The number of pyridine rings is 1. The zero-order valence-corrected chi connectivity index (χ0v) is 23.6. The van der Waals surface area contributed by atoms with Crippen LogP contribution in [-0.4, -0.2) is 62.9 Å². The number of piperidine rings is 3. The Hall–Kier alpha value is -3.40. The monoisotopic (exact) mass is 549 g/mol. The number of nitrogens with one attached hydrogen (secondary N) is 1. The molecule has 4 heterocycles. The van der Waals surface area contributed by atoms with Gasteiger partial charge in [-0.3, -0.25) is 20.2 Å². The van der Waals surface area contributed by atoms with Gasteiger partial charge >= 0.3 is 0 Å². The molecule has 2 aromatic carbocycles. The Balaban J connectivity index is 1.89. The second-order valence-corrected chi connectivity index (χ2v) is 10.2. The zero-order valence-electron chi connectivity index (χ0n) is 22.8. The summed E-state index contributed by atoms with van der Waals surface area (Å²) >= 11 is 5.22. The summed E-state index contributed by atoms with van der Waals surface area (Å²) < 4.78 is 23.2. The predicted molar refractivity (Wildman–Crippen MR) is 155 cm³/mol. The highest BCUT2D eigenvalue weighted by atomic mass is 32.1. The molecular weight excluding hydrogens is 514 g/mol. The lowest BCUT2D eigenvalue weighted by atomic mass is 9.67. The van der Waals surface area contributed by atoms with Crippen molar-refractivity contribution < 1.29 is 23.8 Å². The molecule has 0 aliphatic carbocycles. The van der Waals surface area contributed by atoms with E-state index in [4.69, 9.17) is 41.0 Å². The largest absolute Gasteiger partial charge is 0.496 e. The van der Waals surface area contributed by atoms with E-state index >= 15 is 0 Å². The SMILES string of the molecule is C=CC1CN2CCC1CC2C(ONC=S)(c1c(OC)cc(OC)cc1OC)c1cccc2ncc(OC)cc12. The molecule has 39 heavy (non-hydrogen) atoms. The fraction of sp³-hybridized carbons (Fsp3) is 0.400. The molecule has 6 rings (SSSR count). The second kappa shape index (κ2) is 11.4. The van der Waals surface area contributed by atoms with Gasteiger partial charge in [0.15, 0.2) is 5.60 Å². The van der Waals surface area contributed by atoms with Gasteiger partial charge in [-0.15, -0.1) is 6.58 Å². The number of benzene rings is 2. The Morgan fingerprint density at radius 1 is 1.05 bits per heavy atom. The molecule has 3 aromatic rings. The maximum atomic E-state index is 6.81. The molecule has 5 atom stereocenters. The van der Waals surface area contributed by atoms with E-state index in [1.807, 2.05) is 30.3 Å². The summed E-state index contributed by atoms with van der Waals surface area (Å²) in [6, 6.07) is 11.7. The first-order valence-electron chi connectivity index (χ1n) is 13.0. The molecule has 206 valence electrons. The third-order valence-corrected chi connectivity index (χ3v) is 8.36. The van der Waals surface area contributed by atoms with Gasteiger partial charge in [0.2, 0.25) is 0 Å². The number of nitrogens with zero attached hydrogens (tertiary/aromatic N) is 2. The molecule has 0 amide bonds. The predicted octanol–water partition coefficient (Wildman–Crippen LogP) is 4.89. The van der Waals surface area contributed by atoms with Gasteiger partial charge in [-0.1, -0.05) is 30.4 Å². The van der Waals surface area contributed by atoms with Crippen molar-refractivity contribution >= 4 is 28.6 Å². The molecule has 0 radical (unpaired) electrons. The number of fused-ring (bicyclic) bond motifs is 4. The minimum Gasteiger partial charge on any atom is -0.496 e. The van der Waals surface area contributed by atoms with Crippen LogP contribution in [0.25, 0.3) is 10.9 Å². The molecule has 0 saturated carbocycles. The van der Waals surface area contributed by atoms with Crippen LogP contribution in [0.3, 0.4) is 0 Å². The van der Waals surface area contributed by atoms with E-state index in [-0.39, 0.29) is 6.04 Å².